The van der Waals surface area contributed by atoms with Gasteiger partial charge in [0, 0.05) is 73.6 Å². The van der Waals surface area contributed by atoms with Crippen molar-refractivity contribution in [1.29, 1.82) is 0 Å². The SMILES string of the molecule is CN[C@H](CC(C)C)C(=O)N[C@H]1C(=O)N[C@@H](CC(N)=O)C(=O)N[C@H]2C(=O)N[C@H]3C(=O)N[C@H](C(=O)N[C@@H](C(=O)NOCC(=O)N(C)C)c4cc(O)cc(O)c4-c4cc3ccc4O)[C@H](O)c3ccc(c(Cl)c3)Oc3cc2cc(c3O[C@@H]2O[C@H](CO)[C@@H](O)[C@H](O)[C@H]2O[C@H]2C[C@](C)(NCCn3ccc(NC(=O)/C=C/c4ccc(Cl)cc4)nc3=O)[C@H](O)[C@H](C)O2)Oc2ccc(cc2Cl)[C@H]1O. The van der Waals surface area contributed by atoms with E-state index in [-0.39, 0.29) is 48.8 Å². The Morgan fingerprint density at radius 3 is 2.00 bits per heavy atom. The van der Waals surface area contributed by atoms with Gasteiger partial charge in [-0.3, -0.25) is 57.4 Å². The highest BCUT2D eigenvalue weighted by atomic mass is 35.5. The average Bonchev–Trinajstić information content (AvgIpc) is 0.762. The molecule has 129 heavy (non-hydrogen) atoms. The first-order valence-corrected chi connectivity index (χ1v) is 41.5. The number of aliphatic hydroxyl groups is 6. The molecule has 7 aliphatic heterocycles. The van der Waals surface area contributed by atoms with E-state index < -0.39 is 277 Å². The molecule has 7 aliphatic rings. The van der Waals surface area contributed by atoms with Gasteiger partial charge in [0.25, 0.3) is 11.8 Å². The highest BCUT2D eigenvalue weighted by Gasteiger charge is 2.52. The van der Waals surface area contributed by atoms with Gasteiger partial charge in [0.15, 0.2) is 30.5 Å². The van der Waals surface area contributed by atoms with Crippen LogP contribution in [0.2, 0.25) is 15.1 Å². The molecule has 2 saturated heterocycles. The van der Waals surface area contributed by atoms with Gasteiger partial charge in [0.1, 0.15) is 101 Å². The Labute approximate surface area is 749 Å². The van der Waals surface area contributed by atoms with E-state index in [0.29, 0.717) is 10.6 Å². The van der Waals surface area contributed by atoms with E-state index >= 15 is 24.0 Å². The van der Waals surface area contributed by atoms with Crippen molar-refractivity contribution in [2.75, 3.05) is 46.2 Å². The fourth-order valence-electron chi connectivity index (χ4n) is 15.1. The summed E-state index contributed by atoms with van der Waals surface area (Å²) in [6.07, 6.45) is -15.5. The van der Waals surface area contributed by atoms with Crippen LogP contribution in [0.25, 0.3) is 17.2 Å². The van der Waals surface area contributed by atoms with Gasteiger partial charge in [0.2, 0.25) is 59.3 Å². The summed E-state index contributed by atoms with van der Waals surface area (Å²) in [5.74, 6) is -17.4. The lowest BCUT2D eigenvalue weighted by molar-refractivity contribution is -0.334. The van der Waals surface area contributed by atoms with Gasteiger partial charge in [-0.2, -0.15) is 4.98 Å². The Morgan fingerprint density at radius 2 is 1.37 bits per heavy atom. The minimum Gasteiger partial charge on any atom is -0.508 e. The molecule has 0 spiro atoms. The maximum absolute atomic E-state index is 16.4. The smallest absolute Gasteiger partial charge is 0.349 e. The number of nitrogens with one attached hydrogen (secondary N) is 10. The number of anilines is 1. The molecule has 1 aromatic heterocycles. The molecule has 11 bridgehead atoms. The molecule has 7 aromatic rings. The van der Waals surface area contributed by atoms with E-state index in [1.165, 1.54) is 69.2 Å². The molecule has 14 rings (SSSR count). The number of halogens is 3. The van der Waals surface area contributed by atoms with Gasteiger partial charge in [-0.25, -0.2) is 10.3 Å². The third-order valence-corrected chi connectivity index (χ3v) is 22.8. The summed E-state index contributed by atoms with van der Waals surface area (Å²) in [6, 6.07) is 7.05. The number of primary amides is 1. The van der Waals surface area contributed by atoms with Crippen LogP contribution >= 0.6 is 34.8 Å². The summed E-state index contributed by atoms with van der Waals surface area (Å²) in [7, 11) is 4.22. The number of nitrogens with two attached hydrogens (primary N) is 1. The van der Waals surface area contributed by atoms with Crippen molar-refractivity contribution in [3.63, 3.8) is 0 Å². The number of carbonyl (C=O) groups excluding carboxylic acids is 10. The minimum atomic E-state index is -2.42. The highest BCUT2D eigenvalue weighted by molar-refractivity contribution is 6.32. The molecule has 0 aliphatic carbocycles. The molecule has 18 atom stereocenters. The Morgan fingerprint density at radius 1 is 0.729 bits per heavy atom. The third-order valence-electron chi connectivity index (χ3n) is 21.9. The number of hydrogen-bond acceptors (Lipinski definition) is 30. The number of carbonyl (C=O) groups is 10. The van der Waals surface area contributed by atoms with Gasteiger partial charge in [-0.15, -0.1) is 0 Å². The number of amides is 10. The van der Waals surface area contributed by atoms with Crippen LogP contribution in [-0.4, -0.2) is 239 Å². The monoisotopic (exact) mass is 1850 g/mol. The van der Waals surface area contributed by atoms with Crippen LogP contribution in [0.4, 0.5) is 5.82 Å². The number of ether oxygens (including phenoxy) is 6. The van der Waals surface area contributed by atoms with Crippen LogP contribution in [0.5, 0.6) is 46.0 Å². The number of aliphatic hydroxyl groups excluding tert-OH is 6. The topological polar surface area (TPSA) is 602 Å². The number of benzene rings is 6. The van der Waals surface area contributed by atoms with Crippen LogP contribution in [-0.2, 0) is 73.5 Å². The van der Waals surface area contributed by atoms with E-state index in [1.54, 1.807) is 45.0 Å². The zero-order valence-electron chi connectivity index (χ0n) is 69.9. The van der Waals surface area contributed by atoms with Crippen molar-refractivity contribution in [2.45, 2.75) is 163 Å². The maximum Gasteiger partial charge on any atom is 0.349 e. The van der Waals surface area contributed by atoms with E-state index in [2.05, 4.69) is 52.8 Å². The molecule has 2 fully saturated rings. The Balaban J connectivity index is 0.998. The molecule has 6 aromatic carbocycles. The lowest BCUT2D eigenvalue weighted by Gasteiger charge is -2.48. The number of phenols is 3. The summed E-state index contributed by atoms with van der Waals surface area (Å²) in [6.45, 7) is 4.76. The molecule has 41 nitrogen and oxygen atoms in total. The summed E-state index contributed by atoms with van der Waals surface area (Å²) >= 11 is 20.4. The van der Waals surface area contributed by atoms with E-state index in [9.17, 15) is 74.7 Å². The van der Waals surface area contributed by atoms with Crippen LogP contribution in [0, 0.1) is 5.92 Å². The number of fused-ring (bicyclic) bond motifs is 15. The first-order valence-electron chi connectivity index (χ1n) is 40.3. The molecule has 10 amide bonds. The van der Waals surface area contributed by atoms with Crippen molar-refractivity contribution in [1.82, 2.24) is 62.5 Å². The molecular weight excluding hydrogens is 1760 g/mol. The molecule has 0 saturated carbocycles. The second-order valence-electron chi connectivity index (χ2n) is 31.9. The maximum atomic E-state index is 16.4. The Bertz CT molecular complexity index is 5540. The molecular formula is C85H95Cl3N14O27. The Hall–Kier alpha value is -12.2. The number of rotatable bonds is 23. The van der Waals surface area contributed by atoms with Gasteiger partial charge in [-0.05, 0) is 145 Å². The normalized spacial score (nSPS) is 25.5. The molecule has 0 radical (unpaired) electrons. The summed E-state index contributed by atoms with van der Waals surface area (Å²) in [4.78, 5) is 170. The van der Waals surface area contributed by atoms with Crippen molar-refractivity contribution in [2.24, 2.45) is 11.7 Å². The van der Waals surface area contributed by atoms with Crippen molar-refractivity contribution >= 4 is 106 Å². The molecule has 8 heterocycles. The predicted octanol–water partition coefficient (Wildman–Crippen LogP) is 1.35. The first-order chi connectivity index (χ1) is 61.2. The number of aromatic hydroxyl groups is 3. The van der Waals surface area contributed by atoms with Gasteiger partial charge >= 0.3 is 5.69 Å². The average molecular weight is 1850 g/mol. The van der Waals surface area contributed by atoms with Crippen molar-refractivity contribution in [3.8, 4) is 57.1 Å². The fraction of sp³-hybridized carbons (Fsp3) is 0.388. The lowest BCUT2D eigenvalue weighted by Crippen LogP contribution is -2.65. The van der Waals surface area contributed by atoms with Crippen LogP contribution in [0.1, 0.15) is 111 Å². The number of hydrogen-bond donors (Lipinski definition) is 20. The van der Waals surface area contributed by atoms with E-state index in [1.807, 2.05) is 5.48 Å². The van der Waals surface area contributed by atoms with Gasteiger partial charge < -0.3 is 133 Å². The number of nitrogens with zero attached hydrogens (tertiary/aromatic N) is 3. The molecule has 688 valence electrons. The zero-order valence-corrected chi connectivity index (χ0v) is 72.2. The van der Waals surface area contributed by atoms with Crippen LogP contribution in [0.3, 0.4) is 0 Å². The number of hydroxylamine groups is 1. The van der Waals surface area contributed by atoms with Crippen LogP contribution < -0.4 is 79.0 Å². The number of aromatic nitrogens is 2. The lowest BCUT2D eigenvalue weighted by atomic mass is 9.85. The Kier molecular flexibility index (Phi) is 30.5. The highest BCUT2D eigenvalue weighted by Crippen LogP contribution is 2.50. The van der Waals surface area contributed by atoms with Crippen molar-refractivity contribution < 1.29 is 127 Å². The van der Waals surface area contributed by atoms with Crippen LogP contribution in [0.15, 0.2) is 126 Å². The third kappa shape index (κ3) is 22.4. The zero-order chi connectivity index (χ0) is 93.5. The van der Waals surface area contributed by atoms with E-state index in [0.717, 1.165) is 71.6 Å². The number of phenolic OH excluding ortho intramolecular Hbond substituents is 3. The fourth-order valence-corrected chi connectivity index (χ4v) is 15.6. The molecule has 21 N–H and O–H groups in total. The van der Waals surface area contributed by atoms with Gasteiger partial charge in [-0.1, -0.05) is 79.0 Å². The standard InChI is InChI=1S/C85H95Cl3N14O27/c1-36(2)24-49(90-5)76(115)98-67-69(110)40-12-17-53(47(87)26-40)125-55-28-42-29-56(73(55)129-83-74(72(113)71(112)57(34-103)127-83)128-62-33-85(4,75(114)37(3)124-62)91-21-23-102-22-20-59(94-84(102)122)93-60(108)19-10-38-8-14-43(86)15-9-38)126-54-18-13-41(27-48(54)88)70(111)68-81(120)97-66(82(121)100-123-35-61(109)101(6)7)46-30-44(104)31-52(106)63(46)45-25-39(11-16-51(45)105)64(78(117)99-68)96-79(118)65(42)95-77(116)50(32-58(89)107)92-80(67)119/h8-20,22,25-31,36-37,49-50,57,62,64-72,74-75,83,90-91,103-106,110-114H,21,23-24,32-35H2,1-7H3,(H2,89,107)(H,92,119)(H,95,116)(H,96,118)(H,97,120)(H,98,115)(H,99,117)(H,100,121)(H,93,94,108,122)/b19-10+/t37-,49+,50-,57+,62-,64+,65+,66+,67+,68-,69+,70+,71+,72-,74+,75+,83-,85-/m0/s1. The van der Waals surface area contributed by atoms with Crippen molar-refractivity contribution in [3.05, 3.63) is 180 Å². The number of likely N-dealkylation sites (N-methyl/N-ethyl adjacent to an activating group) is 2. The molecule has 44 heteroatoms. The minimum absolute atomic E-state index is 0.0421. The second kappa shape index (κ2) is 41.1. The second-order valence-corrected chi connectivity index (χ2v) is 33.2. The summed E-state index contributed by atoms with van der Waals surface area (Å²) in [5, 5.41) is 130. The summed E-state index contributed by atoms with van der Waals surface area (Å²) in [5.41, 5.74) is 3.37. The van der Waals surface area contributed by atoms with E-state index in [4.69, 9.17) is 73.8 Å². The largest absolute Gasteiger partial charge is 0.508 e. The van der Waals surface area contributed by atoms with Gasteiger partial charge in [0.05, 0.1) is 41.3 Å². The predicted molar refractivity (Wildman–Crippen MR) is 456 cm³/mol. The first kappa shape index (κ1) is 95.9. The summed E-state index contributed by atoms with van der Waals surface area (Å²) < 4.78 is 40.7. The quantitative estimate of drug-likeness (QED) is 0.0317. The molecule has 0 unspecified atom stereocenters.